The Bertz CT molecular complexity index is 397. The van der Waals surface area contributed by atoms with Crippen LogP contribution in [-0.2, 0) is 5.54 Å². The number of nitrogens with two attached hydrogens (primary N) is 1. The molecule has 0 radical (unpaired) electrons. The van der Waals surface area contributed by atoms with Gasteiger partial charge in [-0.1, -0.05) is 36.9 Å². The predicted molar refractivity (Wildman–Crippen MR) is 66.8 cm³/mol. The predicted octanol–water partition coefficient (Wildman–Crippen LogP) is 3.47. The summed E-state index contributed by atoms with van der Waals surface area (Å²) in [6.45, 7) is 1.95. The van der Waals surface area contributed by atoms with E-state index in [9.17, 15) is 5.11 Å². The van der Waals surface area contributed by atoms with Crippen LogP contribution in [0.4, 0.5) is 0 Å². The summed E-state index contributed by atoms with van der Waals surface area (Å²) in [4.78, 5) is 0. The molecule has 1 aliphatic carbocycles. The second kappa shape index (κ2) is 4.27. The van der Waals surface area contributed by atoms with E-state index < -0.39 is 0 Å². The van der Waals surface area contributed by atoms with E-state index in [2.05, 4.69) is 0 Å². The van der Waals surface area contributed by atoms with Gasteiger partial charge >= 0.3 is 0 Å². The highest BCUT2D eigenvalue weighted by Gasteiger charge is 2.32. The summed E-state index contributed by atoms with van der Waals surface area (Å²) >= 11 is 6.16. The number of phenols is 1. The molecule has 1 saturated carbocycles. The third-order valence-corrected chi connectivity index (χ3v) is 3.88. The first-order valence-corrected chi connectivity index (χ1v) is 6.19. The molecule has 3 heteroatoms. The molecule has 0 amide bonds. The maximum atomic E-state index is 9.74. The molecule has 0 aliphatic heterocycles. The van der Waals surface area contributed by atoms with Gasteiger partial charge in [0.1, 0.15) is 5.75 Å². The second-order valence-electron chi connectivity index (χ2n) is 4.86. The van der Waals surface area contributed by atoms with E-state index in [1.54, 1.807) is 6.07 Å². The van der Waals surface area contributed by atoms with Crippen molar-refractivity contribution in [1.29, 1.82) is 0 Å². The van der Waals surface area contributed by atoms with Gasteiger partial charge in [0.2, 0.25) is 0 Å². The largest absolute Gasteiger partial charge is 0.506 e. The fourth-order valence-corrected chi connectivity index (χ4v) is 2.86. The molecule has 1 aliphatic rings. The van der Waals surface area contributed by atoms with Gasteiger partial charge in [0.15, 0.2) is 0 Å². The van der Waals surface area contributed by atoms with Crippen LogP contribution in [0.1, 0.15) is 43.2 Å². The lowest BCUT2D eigenvalue weighted by atomic mass is 9.77. The fourth-order valence-electron chi connectivity index (χ4n) is 2.56. The van der Waals surface area contributed by atoms with Gasteiger partial charge in [0.25, 0.3) is 0 Å². The maximum Gasteiger partial charge on any atom is 0.134 e. The molecule has 0 spiro atoms. The number of halogens is 1. The Hall–Kier alpha value is -0.730. The number of rotatable bonds is 1. The molecule has 88 valence electrons. The van der Waals surface area contributed by atoms with Gasteiger partial charge in [-0.3, -0.25) is 0 Å². The Labute approximate surface area is 101 Å². The molecule has 3 N–H and O–H groups in total. The normalized spacial score (nSPS) is 19.7. The number of aromatic hydroxyl groups is 1. The average Bonchev–Trinajstić information content (AvgIpc) is 2.24. The summed E-state index contributed by atoms with van der Waals surface area (Å²) in [5, 5.41) is 10.2. The van der Waals surface area contributed by atoms with E-state index in [1.807, 2.05) is 13.0 Å². The van der Waals surface area contributed by atoms with Crippen molar-refractivity contribution in [1.82, 2.24) is 0 Å². The number of hydrogen-bond acceptors (Lipinski definition) is 2. The van der Waals surface area contributed by atoms with Crippen molar-refractivity contribution in [2.24, 2.45) is 5.73 Å². The monoisotopic (exact) mass is 239 g/mol. The lowest BCUT2D eigenvalue weighted by molar-refractivity contribution is 0.301. The van der Waals surface area contributed by atoms with Gasteiger partial charge in [-0.25, -0.2) is 0 Å². The molecule has 2 nitrogen and oxygen atoms in total. The highest BCUT2D eigenvalue weighted by Crippen LogP contribution is 2.41. The molecule has 0 heterocycles. The van der Waals surface area contributed by atoms with Crippen LogP contribution >= 0.6 is 11.6 Å². The first-order chi connectivity index (χ1) is 7.53. The summed E-state index contributed by atoms with van der Waals surface area (Å²) in [5.74, 6) is 0.145. The smallest absolute Gasteiger partial charge is 0.134 e. The van der Waals surface area contributed by atoms with Crippen LogP contribution in [0.3, 0.4) is 0 Å². The zero-order valence-electron chi connectivity index (χ0n) is 9.59. The van der Waals surface area contributed by atoms with Crippen LogP contribution in [0.5, 0.6) is 5.75 Å². The summed E-state index contributed by atoms with van der Waals surface area (Å²) in [7, 11) is 0. The van der Waals surface area contributed by atoms with Crippen LogP contribution in [0.25, 0.3) is 0 Å². The molecule has 1 aromatic rings. The summed E-state index contributed by atoms with van der Waals surface area (Å²) < 4.78 is 0. The van der Waals surface area contributed by atoms with Gasteiger partial charge in [-0.2, -0.15) is 0 Å². The van der Waals surface area contributed by atoms with E-state index in [4.69, 9.17) is 17.3 Å². The summed E-state index contributed by atoms with van der Waals surface area (Å²) in [6, 6.07) is 3.69. The molecule has 0 atom stereocenters. The van der Waals surface area contributed by atoms with E-state index in [-0.39, 0.29) is 11.3 Å². The SMILES string of the molecule is Cc1cc(O)c(Cl)c(C2(N)CCCCC2)c1. The number of benzene rings is 1. The van der Waals surface area contributed by atoms with Crippen molar-refractivity contribution >= 4 is 11.6 Å². The third kappa shape index (κ3) is 2.04. The number of aryl methyl sites for hydroxylation is 1. The van der Waals surface area contributed by atoms with Crippen LogP contribution in [-0.4, -0.2) is 5.11 Å². The third-order valence-electron chi connectivity index (χ3n) is 3.48. The van der Waals surface area contributed by atoms with Crippen molar-refractivity contribution in [2.45, 2.75) is 44.6 Å². The van der Waals surface area contributed by atoms with Crippen LogP contribution in [0, 0.1) is 6.92 Å². The topological polar surface area (TPSA) is 46.2 Å². The van der Waals surface area contributed by atoms with Gasteiger partial charge in [-0.05, 0) is 37.0 Å². The van der Waals surface area contributed by atoms with Crippen molar-refractivity contribution in [3.05, 3.63) is 28.3 Å². The van der Waals surface area contributed by atoms with Crippen LogP contribution < -0.4 is 5.73 Å². The van der Waals surface area contributed by atoms with Crippen molar-refractivity contribution in [3.8, 4) is 5.75 Å². The Morgan fingerprint density at radius 2 is 1.88 bits per heavy atom. The molecule has 1 aromatic carbocycles. The second-order valence-corrected chi connectivity index (χ2v) is 5.24. The van der Waals surface area contributed by atoms with Crippen molar-refractivity contribution < 1.29 is 5.11 Å². The average molecular weight is 240 g/mol. The Morgan fingerprint density at radius 3 is 2.50 bits per heavy atom. The fraction of sp³-hybridized carbons (Fsp3) is 0.538. The summed E-state index contributed by atoms with van der Waals surface area (Å²) in [6.07, 6.45) is 5.43. The van der Waals surface area contributed by atoms with E-state index >= 15 is 0 Å². The summed E-state index contributed by atoms with van der Waals surface area (Å²) in [5.41, 5.74) is 7.99. The molecular formula is C13H18ClNO. The first kappa shape index (κ1) is 11.7. The molecule has 0 bridgehead atoms. The van der Waals surface area contributed by atoms with Crippen molar-refractivity contribution in [3.63, 3.8) is 0 Å². The number of phenolic OH excluding ortho intramolecular Hbond substituents is 1. The lowest BCUT2D eigenvalue weighted by Crippen LogP contribution is -2.38. The standard InChI is InChI=1S/C13H18ClNO/c1-9-7-10(12(14)11(16)8-9)13(15)5-3-2-4-6-13/h7-8,16H,2-6,15H2,1H3. The van der Waals surface area contributed by atoms with Gasteiger partial charge in [0, 0.05) is 5.54 Å². The maximum absolute atomic E-state index is 9.74. The lowest BCUT2D eigenvalue weighted by Gasteiger charge is -2.35. The van der Waals surface area contributed by atoms with Gasteiger partial charge in [-0.15, -0.1) is 0 Å². The quantitative estimate of drug-likeness (QED) is 0.788. The van der Waals surface area contributed by atoms with Crippen LogP contribution in [0.2, 0.25) is 5.02 Å². The zero-order chi connectivity index (χ0) is 11.8. The molecule has 16 heavy (non-hydrogen) atoms. The minimum Gasteiger partial charge on any atom is -0.506 e. The minimum absolute atomic E-state index is 0.145. The Balaban J connectivity index is 2.45. The van der Waals surface area contributed by atoms with Crippen molar-refractivity contribution in [2.75, 3.05) is 0 Å². The molecule has 1 fully saturated rings. The minimum atomic E-state index is -0.348. The van der Waals surface area contributed by atoms with E-state index in [0.29, 0.717) is 5.02 Å². The molecule has 0 aromatic heterocycles. The van der Waals surface area contributed by atoms with Gasteiger partial charge < -0.3 is 10.8 Å². The number of hydrogen-bond donors (Lipinski definition) is 2. The first-order valence-electron chi connectivity index (χ1n) is 5.81. The van der Waals surface area contributed by atoms with Crippen LogP contribution in [0.15, 0.2) is 12.1 Å². The highest BCUT2D eigenvalue weighted by atomic mass is 35.5. The van der Waals surface area contributed by atoms with Gasteiger partial charge in [0.05, 0.1) is 5.02 Å². The van der Waals surface area contributed by atoms with E-state index in [0.717, 1.165) is 36.8 Å². The Kier molecular flexibility index (Phi) is 3.13. The molecule has 0 unspecified atom stereocenters. The zero-order valence-corrected chi connectivity index (χ0v) is 10.3. The van der Waals surface area contributed by atoms with E-state index in [1.165, 1.54) is 6.42 Å². The molecular weight excluding hydrogens is 222 g/mol. The Morgan fingerprint density at radius 1 is 1.25 bits per heavy atom. The molecule has 2 rings (SSSR count). The highest BCUT2D eigenvalue weighted by molar-refractivity contribution is 6.32. The molecule has 0 saturated heterocycles.